The molecule has 0 aliphatic rings. The van der Waals surface area contributed by atoms with Crippen LogP contribution in [0.5, 0.6) is 17.2 Å². The molecule has 0 unspecified atom stereocenters. The Bertz CT molecular complexity index is 930. The van der Waals surface area contributed by atoms with Crippen LogP contribution in [0.25, 0.3) is 22.3 Å². The molecule has 1 aromatic heterocycles. The first-order valence-electron chi connectivity index (χ1n) is 6.44. The van der Waals surface area contributed by atoms with Crippen LogP contribution in [0.15, 0.2) is 45.6 Å². The molecule has 112 valence electrons. The standard InChI is InChI=1S/C16H13NO5/c1-21-13-6-8(2-4-11(13)18)16-15(20)14(19)10-7-9(17)3-5-12(10)22-16/h2-7,18,20H,17H2,1H3. The third-order valence-electron chi connectivity index (χ3n) is 3.33. The van der Waals surface area contributed by atoms with Gasteiger partial charge in [-0.05, 0) is 36.4 Å². The normalized spacial score (nSPS) is 10.8. The lowest BCUT2D eigenvalue weighted by Gasteiger charge is -2.09. The summed E-state index contributed by atoms with van der Waals surface area (Å²) in [5.41, 5.74) is 6.18. The lowest BCUT2D eigenvalue weighted by atomic mass is 10.1. The average Bonchev–Trinajstić information content (AvgIpc) is 2.52. The second-order valence-corrected chi connectivity index (χ2v) is 4.75. The van der Waals surface area contributed by atoms with E-state index in [-0.39, 0.29) is 22.6 Å². The first kappa shape index (κ1) is 13.8. The van der Waals surface area contributed by atoms with Crippen molar-refractivity contribution >= 4 is 16.7 Å². The zero-order chi connectivity index (χ0) is 15.9. The fourth-order valence-corrected chi connectivity index (χ4v) is 2.22. The van der Waals surface area contributed by atoms with Crippen LogP contribution < -0.4 is 15.9 Å². The minimum absolute atomic E-state index is 0.000529. The lowest BCUT2D eigenvalue weighted by Crippen LogP contribution is -2.03. The monoisotopic (exact) mass is 299 g/mol. The van der Waals surface area contributed by atoms with Gasteiger partial charge in [0.2, 0.25) is 11.2 Å². The highest BCUT2D eigenvalue weighted by Crippen LogP contribution is 2.35. The summed E-state index contributed by atoms with van der Waals surface area (Å²) in [6.45, 7) is 0. The number of fused-ring (bicyclic) bond motifs is 1. The molecule has 4 N–H and O–H groups in total. The topological polar surface area (TPSA) is 106 Å². The van der Waals surface area contributed by atoms with Crippen LogP contribution in [0.3, 0.4) is 0 Å². The van der Waals surface area contributed by atoms with E-state index in [1.54, 1.807) is 12.1 Å². The van der Waals surface area contributed by atoms with Gasteiger partial charge in [0.05, 0.1) is 12.5 Å². The molecule has 3 aromatic rings. The Kier molecular flexibility index (Phi) is 3.14. The molecule has 6 nitrogen and oxygen atoms in total. The van der Waals surface area contributed by atoms with Crippen molar-refractivity contribution < 1.29 is 19.4 Å². The molecule has 3 rings (SSSR count). The van der Waals surface area contributed by atoms with E-state index in [0.29, 0.717) is 16.8 Å². The summed E-state index contributed by atoms with van der Waals surface area (Å²) in [5.74, 6) is -0.370. The van der Waals surface area contributed by atoms with E-state index < -0.39 is 11.2 Å². The van der Waals surface area contributed by atoms with E-state index in [1.165, 1.54) is 31.4 Å². The fourth-order valence-electron chi connectivity index (χ4n) is 2.22. The minimum atomic E-state index is -0.574. The number of rotatable bonds is 2. The minimum Gasteiger partial charge on any atom is -0.504 e. The molecule has 2 aromatic carbocycles. The highest BCUT2D eigenvalue weighted by molar-refractivity contribution is 5.84. The molecule has 0 bridgehead atoms. The average molecular weight is 299 g/mol. The maximum Gasteiger partial charge on any atom is 0.235 e. The Labute approximate surface area is 125 Å². The zero-order valence-corrected chi connectivity index (χ0v) is 11.7. The number of benzene rings is 2. The molecule has 0 fully saturated rings. The van der Waals surface area contributed by atoms with Gasteiger partial charge >= 0.3 is 0 Å². The predicted molar refractivity (Wildman–Crippen MR) is 82.2 cm³/mol. The van der Waals surface area contributed by atoms with Gasteiger partial charge in [-0.15, -0.1) is 0 Å². The number of methoxy groups -OCH3 is 1. The Morgan fingerprint density at radius 3 is 2.64 bits per heavy atom. The van der Waals surface area contributed by atoms with Crippen molar-refractivity contribution in [2.75, 3.05) is 12.8 Å². The fraction of sp³-hybridized carbons (Fsp3) is 0.0625. The van der Waals surface area contributed by atoms with Gasteiger partial charge < -0.3 is 25.1 Å². The van der Waals surface area contributed by atoms with Crippen molar-refractivity contribution in [3.05, 3.63) is 46.6 Å². The first-order valence-corrected chi connectivity index (χ1v) is 6.44. The van der Waals surface area contributed by atoms with Gasteiger partial charge in [0.1, 0.15) is 5.58 Å². The summed E-state index contributed by atoms with van der Waals surface area (Å²) in [4.78, 5) is 12.2. The van der Waals surface area contributed by atoms with Gasteiger partial charge in [0, 0.05) is 11.3 Å². The second-order valence-electron chi connectivity index (χ2n) is 4.75. The Hall–Kier alpha value is -3.15. The summed E-state index contributed by atoms with van der Waals surface area (Å²) in [5, 5.41) is 19.9. The van der Waals surface area contributed by atoms with Gasteiger partial charge in [0.15, 0.2) is 17.3 Å². The largest absolute Gasteiger partial charge is 0.504 e. The van der Waals surface area contributed by atoms with Crippen molar-refractivity contribution in [3.8, 4) is 28.6 Å². The van der Waals surface area contributed by atoms with Gasteiger partial charge in [-0.3, -0.25) is 4.79 Å². The molecule has 22 heavy (non-hydrogen) atoms. The van der Waals surface area contributed by atoms with E-state index in [4.69, 9.17) is 14.9 Å². The van der Waals surface area contributed by atoms with Crippen LogP contribution in [0.4, 0.5) is 5.69 Å². The molecular weight excluding hydrogens is 286 g/mol. The highest BCUT2D eigenvalue weighted by atomic mass is 16.5. The van der Waals surface area contributed by atoms with E-state index >= 15 is 0 Å². The van der Waals surface area contributed by atoms with Crippen LogP contribution in [0, 0.1) is 0 Å². The summed E-state index contributed by atoms with van der Waals surface area (Å²) >= 11 is 0. The number of hydrogen-bond acceptors (Lipinski definition) is 6. The van der Waals surface area contributed by atoms with Crippen LogP contribution in [-0.2, 0) is 0 Å². The molecule has 0 saturated heterocycles. The van der Waals surface area contributed by atoms with E-state index in [2.05, 4.69) is 0 Å². The van der Waals surface area contributed by atoms with E-state index in [9.17, 15) is 15.0 Å². The van der Waals surface area contributed by atoms with Gasteiger partial charge in [0.25, 0.3) is 0 Å². The Morgan fingerprint density at radius 2 is 1.91 bits per heavy atom. The molecule has 0 atom stereocenters. The molecule has 0 amide bonds. The van der Waals surface area contributed by atoms with Crippen molar-refractivity contribution in [2.24, 2.45) is 0 Å². The van der Waals surface area contributed by atoms with E-state index in [0.717, 1.165) is 0 Å². The molecular formula is C16H13NO5. The quantitative estimate of drug-likeness (QED) is 0.628. The van der Waals surface area contributed by atoms with Crippen LogP contribution >= 0.6 is 0 Å². The van der Waals surface area contributed by atoms with Crippen molar-refractivity contribution in [1.29, 1.82) is 0 Å². The molecule has 6 heteroatoms. The molecule has 1 heterocycles. The third kappa shape index (κ3) is 2.10. The van der Waals surface area contributed by atoms with Gasteiger partial charge in [-0.1, -0.05) is 0 Å². The van der Waals surface area contributed by atoms with Crippen molar-refractivity contribution in [1.82, 2.24) is 0 Å². The van der Waals surface area contributed by atoms with Crippen LogP contribution in [0.1, 0.15) is 0 Å². The van der Waals surface area contributed by atoms with Gasteiger partial charge in [-0.2, -0.15) is 0 Å². The van der Waals surface area contributed by atoms with Crippen molar-refractivity contribution in [3.63, 3.8) is 0 Å². The van der Waals surface area contributed by atoms with Crippen molar-refractivity contribution in [2.45, 2.75) is 0 Å². The predicted octanol–water partition coefficient (Wildman–Crippen LogP) is 2.46. The SMILES string of the molecule is COc1cc(-c2oc3ccc(N)cc3c(=O)c2O)ccc1O. The highest BCUT2D eigenvalue weighted by Gasteiger charge is 2.17. The second kappa shape index (κ2) is 5.00. The number of phenolic OH excluding ortho intramolecular Hbond substituents is 1. The third-order valence-corrected chi connectivity index (χ3v) is 3.33. The summed E-state index contributed by atoms with van der Waals surface area (Å²) in [7, 11) is 1.40. The Morgan fingerprint density at radius 1 is 1.14 bits per heavy atom. The number of nitrogens with two attached hydrogens (primary N) is 1. The maximum absolute atomic E-state index is 12.2. The van der Waals surface area contributed by atoms with Crippen LogP contribution in [-0.4, -0.2) is 17.3 Å². The molecule has 0 spiro atoms. The molecule has 0 radical (unpaired) electrons. The Balaban J connectivity index is 2.30. The summed E-state index contributed by atoms with van der Waals surface area (Å²) < 4.78 is 10.6. The number of phenols is 1. The van der Waals surface area contributed by atoms with Crippen LogP contribution in [0.2, 0.25) is 0 Å². The van der Waals surface area contributed by atoms with E-state index in [1.807, 2.05) is 0 Å². The smallest absolute Gasteiger partial charge is 0.235 e. The molecule has 0 aliphatic heterocycles. The zero-order valence-electron chi connectivity index (χ0n) is 11.7. The number of hydrogen-bond donors (Lipinski definition) is 3. The summed E-state index contributed by atoms with van der Waals surface area (Å²) in [6, 6.07) is 8.98. The number of anilines is 1. The number of nitrogen functional groups attached to an aromatic ring is 1. The maximum atomic E-state index is 12.2. The first-order chi connectivity index (χ1) is 10.5. The summed E-state index contributed by atoms with van der Waals surface area (Å²) in [6.07, 6.45) is 0. The molecule has 0 aliphatic carbocycles. The lowest BCUT2D eigenvalue weighted by molar-refractivity contribution is 0.373. The number of ether oxygens (including phenoxy) is 1. The number of aromatic hydroxyl groups is 2. The molecule has 0 saturated carbocycles. The van der Waals surface area contributed by atoms with Gasteiger partial charge in [-0.25, -0.2) is 0 Å².